The summed E-state index contributed by atoms with van der Waals surface area (Å²) in [6, 6.07) is 13.1. The van der Waals surface area contributed by atoms with Crippen LogP contribution in [0.15, 0.2) is 52.1 Å². The Kier molecular flexibility index (Phi) is 5.64. The third-order valence-electron chi connectivity index (χ3n) is 3.94. The van der Waals surface area contributed by atoms with Crippen LogP contribution in [0.5, 0.6) is 0 Å². The Morgan fingerprint density at radius 3 is 2.65 bits per heavy atom. The monoisotopic (exact) mass is 387 g/mol. The summed E-state index contributed by atoms with van der Waals surface area (Å²) >= 11 is 7.27. The Balaban J connectivity index is 1.67. The summed E-state index contributed by atoms with van der Waals surface area (Å²) in [5, 5.41) is 11.3. The van der Waals surface area contributed by atoms with E-state index in [-0.39, 0.29) is 5.91 Å². The van der Waals surface area contributed by atoms with E-state index in [1.807, 2.05) is 44.2 Å². The summed E-state index contributed by atoms with van der Waals surface area (Å²) < 4.78 is 5.69. The van der Waals surface area contributed by atoms with Crippen LogP contribution < -0.4 is 5.32 Å². The Morgan fingerprint density at radius 2 is 1.92 bits per heavy atom. The first-order chi connectivity index (χ1) is 12.4. The van der Waals surface area contributed by atoms with Crippen LogP contribution in [-0.2, 0) is 4.79 Å². The first kappa shape index (κ1) is 18.5. The van der Waals surface area contributed by atoms with Crippen molar-refractivity contribution in [2.24, 2.45) is 0 Å². The number of hydrogen-bond donors (Lipinski definition) is 1. The largest absolute Gasteiger partial charge is 0.411 e. The van der Waals surface area contributed by atoms with Crippen molar-refractivity contribution >= 4 is 35.0 Å². The first-order valence-corrected chi connectivity index (χ1v) is 9.33. The SMILES string of the molecule is Cc1ccc(-c2nnc(S[C@@H](C)C(=O)Nc3ccccc3Cl)o2)cc1C. The molecule has 3 aromatic rings. The average Bonchev–Trinajstić information content (AvgIpc) is 3.07. The molecule has 0 aliphatic heterocycles. The van der Waals surface area contributed by atoms with E-state index in [2.05, 4.69) is 15.5 Å². The number of carbonyl (C=O) groups is 1. The minimum absolute atomic E-state index is 0.186. The number of amides is 1. The number of carbonyl (C=O) groups excluding carboxylic acids is 1. The zero-order valence-corrected chi connectivity index (χ0v) is 16.2. The highest BCUT2D eigenvalue weighted by atomic mass is 35.5. The lowest BCUT2D eigenvalue weighted by Gasteiger charge is -2.10. The summed E-state index contributed by atoms with van der Waals surface area (Å²) in [7, 11) is 0. The Hall–Kier alpha value is -2.31. The molecule has 0 saturated carbocycles. The van der Waals surface area contributed by atoms with Crippen LogP contribution in [0.1, 0.15) is 18.1 Å². The molecule has 0 fully saturated rings. The molecule has 7 heteroatoms. The quantitative estimate of drug-likeness (QED) is 0.615. The van der Waals surface area contributed by atoms with E-state index in [0.717, 1.165) is 11.1 Å². The second kappa shape index (κ2) is 7.93. The summed E-state index contributed by atoms with van der Waals surface area (Å²) in [5.74, 6) is 0.253. The summed E-state index contributed by atoms with van der Waals surface area (Å²) in [6.45, 7) is 5.86. The van der Waals surface area contributed by atoms with Gasteiger partial charge in [-0.2, -0.15) is 0 Å². The smallest absolute Gasteiger partial charge is 0.277 e. The van der Waals surface area contributed by atoms with E-state index < -0.39 is 5.25 Å². The van der Waals surface area contributed by atoms with Gasteiger partial charge in [-0.1, -0.05) is 41.6 Å². The van der Waals surface area contributed by atoms with Gasteiger partial charge in [-0.3, -0.25) is 4.79 Å². The fourth-order valence-corrected chi connectivity index (χ4v) is 3.12. The van der Waals surface area contributed by atoms with Crippen molar-refractivity contribution < 1.29 is 9.21 Å². The van der Waals surface area contributed by atoms with Crippen LogP contribution in [-0.4, -0.2) is 21.4 Å². The number of nitrogens with one attached hydrogen (secondary N) is 1. The third-order valence-corrected chi connectivity index (χ3v) is 5.20. The molecule has 26 heavy (non-hydrogen) atoms. The Morgan fingerprint density at radius 1 is 1.15 bits per heavy atom. The van der Waals surface area contributed by atoms with Gasteiger partial charge in [-0.05, 0) is 56.2 Å². The van der Waals surface area contributed by atoms with Crippen LogP contribution in [0.3, 0.4) is 0 Å². The molecule has 1 atom stereocenters. The average molecular weight is 388 g/mol. The van der Waals surface area contributed by atoms with E-state index in [0.29, 0.717) is 21.8 Å². The lowest BCUT2D eigenvalue weighted by atomic mass is 10.1. The second-order valence-corrected chi connectivity index (χ2v) is 7.60. The molecular weight excluding hydrogens is 370 g/mol. The molecular formula is C19H18ClN3O2S. The summed E-state index contributed by atoms with van der Waals surface area (Å²) in [6.07, 6.45) is 0. The van der Waals surface area contributed by atoms with Gasteiger partial charge in [-0.15, -0.1) is 10.2 Å². The number of hydrogen-bond acceptors (Lipinski definition) is 5. The third kappa shape index (κ3) is 4.26. The maximum absolute atomic E-state index is 12.3. The van der Waals surface area contributed by atoms with Crippen molar-refractivity contribution in [2.45, 2.75) is 31.2 Å². The molecule has 0 bridgehead atoms. The van der Waals surface area contributed by atoms with Gasteiger partial charge in [-0.25, -0.2) is 0 Å². The van der Waals surface area contributed by atoms with Gasteiger partial charge in [0, 0.05) is 5.56 Å². The molecule has 1 N–H and O–H groups in total. The number of thioether (sulfide) groups is 1. The minimum atomic E-state index is -0.417. The minimum Gasteiger partial charge on any atom is -0.411 e. The standard InChI is InChI=1S/C19H18ClN3O2S/c1-11-8-9-14(10-12(11)2)18-22-23-19(25-18)26-13(3)17(24)21-16-7-5-4-6-15(16)20/h4-10,13H,1-3H3,(H,21,24)/t13-/m0/s1. The number of aryl methyl sites for hydroxylation is 2. The second-order valence-electron chi connectivity index (χ2n) is 5.90. The predicted molar refractivity (Wildman–Crippen MR) is 105 cm³/mol. The lowest BCUT2D eigenvalue weighted by molar-refractivity contribution is -0.115. The van der Waals surface area contributed by atoms with Crippen molar-refractivity contribution in [3.8, 4) is 11.5 Å². The van der Waals surface area contributed by atoms with Crippen LogP contribution in [0, 0.1) is 13.8 Å². The molecule has 0 radical (unpaired) electrons. The number of para-hydroxylation sites is 1. The fourth-order valence-electron chi connectivity index (χ4n) is 2.25. The lowest BCUT2D eigenvalue weighted by Crippen LogP contribution is -2.22. The van der Waals surface area contributed by atoms with Crippen LogP contribution in [0.2, 0.25) is 5.02 Å². The fraction of sp³-hybridized carbons (Fsp3) is 0.211. The van der Waals surface area contributed by atoms with Gasteiger partial charge in [0.15, 0.2) is 0 Å². The van der Waals surface area contributed by atoms with Gasteiger partial charge in [0.05, 0.1) is 16.0 Å². The molecule has 2 aromatic carbocycles. The summed E-state index contributed by atoms with van der Waals surface area (Å²) in [5.41, 5.74) is 3.80. The molecule has 0 saturated heterocycles. The zero-order valence-electron chi connectivity index (χ0n) is 14.6. The highest BCUT2D eigenvalue weighted by molar-refractivity contribution is 8.00. The molecule has 0 aliphatic rings. The molecule has 0 spiro atoms. The van der Waals surface area contributed by atoms with Crippen molar-refractivity contribution in [3.63, 3.8) is 0 Å². The van der Waals surface area contributed by atoms with E-state index >= 15 is 0 Å². The predicted octanol–water partition coefficient (Wildman–Crippen LogP) is 5.13. The van der Waals surface area contributed by atoms with Gasteiger partial charge < -0.3 is 9.73 Å². The van der Waals surface area contributed by atoms with Crippen molar-refractivity contribution in [2.75, 3.05) is 5.32 Å². The molecule has 0 aliphatic carbocycles. The van der Waals surface area contributed by atoms with Crippen molar-refractivity contribution in [1.82, 2.24) is 10.2 Å². The molecule has 1 heterocycles. The van der Waals surface area contributed by atoms with Crippen molar-refractivity contribution in [3.05, 3.63) is 58.6 Å². The summed E-state index contributed by atoms with van der Waals surface area (Å²) in [4.78, 5) is 12.3. The van der Waals surface area contributed by atoms with E-state index in [9.17, 15) is 4.79 Å². The number of benzene rings is 2. The van der Waals surface area contributed by atoms with Crippen molar-refractivity contribution in [1.29, 1.82) is 0 Å². The highest BCUT2D eigenvalue weighted by Gasteiger charge is 2.19. The number of nitrogens with zero attached hydrogens (tertiary/aromatic N) is 2. The molecule has 5 nitrogen and oxygen atoms in total. The van der Waals surface area contributed by atoms with Gasteiger partial charge in [0.25, 0.3) is 5.22 Å². The molecule has 3 rings (SSSR count). The Labute approximate surface area is 161 Å². The van der Waals surface area contributed by atoms with Crippen LogP contribution in [0.4, 0.5) is 5.69 Å². The molecule has 134 valence electrons. The van der Waals surface area contributed by atoms with Crippen LogP contribution in [0.25, 0.3) is 11.5 Å². The maximum atomic E-state index is 12.3. The Bertz CT molecular complexity index is 942. The van der Waals surface area contributed by atoms with Gasteiger partial charge in [0.2, 0.25) is 11.8 Å². The zero-order chi connectivity index (χ0) is 18.7. The van der Waals surface area contributed by atoms with Crippen LogP contribution >= 0.6 is 23.4 Å². The topological polar surface area (TPSA) is 68.0 Å². The maximum Gasteiger partial charge on any atom is 0.277 e. The van der Waals surface area contributed by atoms with E-state index in [1.54, 1.807) is 19.1 Å². The number of anilines is 1. The van der Waals surface area contributed by atoms with E-state index in [4.69, 9.17) is 16.0 Å². The van der Waals surface area contributed by atoms with E-state index in [1.165, 1.54) is 17.3 Å². The first-order valence-electron chi connectivity index (χ1n) is 8.07. The molecule has 0 unspecified atom stereocenters. The molecule has 1 amide bonds. The van der Waals surface area contributed by atoms with Gasteiger partial charge in [0.1, 0.15) is 0 Å². The highest BCUT2D eigenvalue weighted by Crippen LogP contribution is 2.28. The molecule has 1 aromatic heterocycles. The number of rotatable bonds is 5. The number of halogens is 1. The normalized spacial score (nSPS) is 12.0. The number of aromatic nitrogens is 2. The van der Waals surface area contributed by atoms with Gasteiger partial charge >= 0.3 is 0 Å².